The third kappa shape index (κ3) is 7.18. The molecule has 0 bridgehead atoms. The summed E-state index contributed by atoms with van der Waals surface area (Å²) in [6.07, 6.45) is 0.936. The SMILES string of the molecule is CCCN(Cc1ccc(C)cc1)C(=O)CN1CCN(CC(=O)Nc2cc(C)on2)CC1. The van der Waals surface area contributed by atoms with Crippen molar-refractivity contribution in [1.82, 2.24) is 19.9 Å². The predicted octanol–water partition coefficient (Wildman–Crippen LogP) is 2.29. The first kappa shape index (κ1) is 23.0. The zero-order valence-electron chi connectivity index (χ0n) is 18.8. The van der Waals surface area contributed by atoms with Crippen molar-refractivity contribution in [1.29, 1.82) is 0 Å². The number of hydrogen-bond acceptors (Lipinski definition) is 6. The second kappa shape index (κ2) is 11.1. The van der Waals surface area contributed by atoms with Gasteiger partial charge in [-0.25, -0.2) is 0 Å². The molecule has 2 amide bonds. The number of benzene rings is 1. The van der Waals surface area contributed by atoms with Crippen molar-refractivity contribution in [3.05, 3.63) is 47.2 Å². The van der Waals surface area contributed by atoms with Crippen LogP contribution in [0.5, 0.6) is 0 Å². The maximum Gasteiger partial charge on any atom is 0.239 e. The van der Waals surface area contributed by atoms with Crippen LogP contribution in [0, 0.1) is 13.8 Å². The summed E-state index contributed by atoms with van der Waals surface area (Å²) in [5.41, 5.74) is 2.38. The molecule has 1 aromatic carbocycles. The lowest BCUT2D eigenvalue weighted by molar-refractivity contribution is -0.133. The number of nitrogens with zero attached hydrogens (tertiary/aromatic N) is 4. The van der Waals surface area contributed by atoms with Crippen molar-refractivity contribution < 1.29 is 14.1 Å². The first-order valence-electron chi connectivity index (χ1n) is 10.9. The molecule has 31 heavy (non-hydrogen) atoms. The van der Waals surface area contributed by atoms with Gasteiger partial charge in [-0.15, -0.1) is 0 Å². The van der Waals surface area contributed by atoms with Gasteiger partial charge in [0.2, 0.25) is 11.8 Å². The first-order chi connectivity index (χ1) is 14.9. The van der Waals surface area contributed by atoms with E-state index in [-0.39, 0.29) is 11.8 Å². The van der Waals surface area contributed by atoms with Crippen LogP contribution in [0.25, 0.3) is 0 Å². The van der Waals surface area contributed by atoms with Crippen molar-refractivity contribution in [2.24, 2.45) is 0 Å². The van der Waals surface area contributed by atoms with E-state index in [2.05, 4.69) is 58.4 Å². The summed E-state index contributed by atoms with van der Waals surface area (Å²) in [6.45, 7) is 11.1. The highest BCUT2D eigenvalue weighted by Crippen LogP contribution is 2.10. The Morgan fingerprint density at radius 3 is 2.29 bits per heavy atom. The Morgan fingerprint density at radius 2 is 1.71 bits per heavy atom. The summed E-state index contributed by atoms with van der Waals surface area (Å²) < 4.78 is 4.96. The standard InChI is InChI=1S/C23H33N5O3/c1-4-9-28(15-20-7-5-18(2)6-8-20)23(30)17-27-12-10-26(11-13-27)16-22(29)24-21-14-19(3)31-25-21/h5-8,14H,4,9-13,15-17H2,1-3H3,(H,24,25,29). The maximum absolute atomic E-state index is 12.9. The molecule has 1 aliphatic rings. The van der Waals surface area contributed by atoms with Crippen LogP contribution in [-0.2, 0) is 16.1 Å². The van der Waals surface area contributed by atoms with Gasteiger partial charge in [0.25, 0.3) is 0 Å². The van der Waals surface area contributed by atoms with Crippen LogP contribution in [0.1, 0.15) is 30.2 Å². The largest absolute Gasteiger partial charge is 0.360 e. The number of nitrogens with one attached hydrogen (secondary N) is 1. The summed E-state index contributed by atoms with van der Waals surface area (Å²) >= 11 is 0. The topological polar surface area (TPSA) is 81.9 Å². The number of carbonyl (C=O) groups excluding carboxylic acids is 2. The van der Waals surface area contributed by atoms with Crippen LogP contribution in [0.3, 0.4) is 0 Å². The van der Waals surface area contributed by atoms with Gasteiger partial charge in [-0.2, -0.15) is 0 Å². The maximum atomic E-state index is 12.9. The zero-order valence-corrected chi connectivity index (χ0v) is 18.8. The van der Waals surface area contributed by atoms with E-state index in [9.17, 15) is 9.59 Å². The Morgan fingerprint density at radius 1 is 1.06 bits per heavy atom. The fourth-order valence-corrected chi connectivity index (χ4v) is 3.68. The number of anilines is 1. The molecule has 2 aromatic rings. The lowest BCUT2D eigenvalue weighted by atomic mass is 10.1. The van der Waals surface area contributed by atoms with Crippen LogP contribution in [0.4, 0.5) is 5.82 Å². The molecule has 1 saturated heterocycles. The molecule has 0 aliphatic carbocycles. The van der Waals surface area contributed by atoms with Crippen molar-refractivity contribution in [2.75, 3.05) is 51.1 Å². The van der Waals surface area contributed by atoms with Crippen LogP contribution < -0.4 is 5.32 Å². The van der Waals surface area contributed by atoms with E-state index in [1.807, 2.05) is 4.90 Å². The van der Waals surface area contributed by atoms with E-state index in [1.54, 1.807) is 13.0 Å². The number of carbonyl (C=O) groups is 2. The van der Waals surface area contributed by atoms with Crippen LogP contribution >= 0.6 is 0 Å². The molecule has 1 aliphatic heterocycles. The van der Waals surface area contributed by atoms with Crippen LogP contribution in [0.15, 0.2) is 34.9 Å². The molecule has 1 aromatic heterocycles. The Balaban J connectivity index is 1.43. The van der Waals surface area contributed by atoms with Crippen molar-refractivity contribution in [3.63, 3.8) is 0 Å². The molecule has 3 rings (SSSR count). The molecule has 0 unspecified atom stereocenters. The van der Waals surface area contributed by atoms with Crippen molar-refractivity contribution in [2.45, 2.75) is 33.7 Å². The van der Waals surface area contributed by atoms with Gasteiger partial charge in [-0.3, -0.25) is 19.4 Å². The molecule has 168 valence electrons. The van der Waals surface area contributed by atoms with Crippen molar-refractivity contribution in [3.8, 4) is 0 Å². The lowest BCUT2D eigenvalue weighted by Crippen LogP contribution is -2.51. The molecule has 0 saturated carbocycles. The molecule has 1 fully saturated rings. The van der Waals surface area contributed by atoms with Gasteiger partial charge in [0.1, 0.15) is 5.76 Å². The predicted molar refractivity (Wildman–Crippen MR) is 120 cm³/mol. The van der Waals surface area contributed by atoms with E-state index in [0.29, 0.717) is 31.2 Å². The molecule has 2 heterocycles. The highest BCUT2D eigenvalue weighted by molar-refractivity contribution is 5.91. The van der Waals surface area contributed by atoms with Gasteiger partial charge in [-0.05, 0) is 25.8 Å². The quantitative estimate of drug-likeness (QED) is 0.661. The Hall–Kier alpha value is -2.71. The number of aromatic nitrogens is 1. The number of hydrogen-bond donors (Lipinski definition) is 1. The van der Waals surface area contributed by atoms with E-state index in [4.69, 9.17) is 4.52 Å². The molecule has 8 heteroatoms. The smallest absolute Gasteiger partial charge is 0.239 e. The highest BCUT2D eigenvalue weighted by atomic mass is 16.5. The highest BCUT2D eigenvalue weighted by Gasteiger charge is 2.23. The number of amides is 2. The monoisotopic (exact) mass is 427 g/mol. The Kier molecular flexibility index (Phi) is 8.20. The third-order valence-electron chi connectivity index (χ3n) is 5.43. The normalized spacial score (nSPS) is 15.1. The van der Waals surface area contributed by atoms with Crippen LogP contribution in [0.2, 0.25) is 0 Å². The molecule has 0 spiro atoms. The van der Waals surface area contributed by atoms with Crippen LogP contribution in [-0.4, -0.2) is 77.5 Å². The second-order valence-electron chi connectivity index (χ2n) is 8.22. The number of aryl methyl sites for hydroxylation is 2. The average Bonchev–Trinajstić information content (AvgIpc) is 3.15. The minimum absolute atomic E-state index is 0.106. The summed E-state index contributed by atoms with van der Waals surface area (Å²) in [6, 6.07) is 10.1. The molecular weight excluding hydrogens is 394 g/mol. The number of rotatable bonds is 9. The van der Waals surface area contributed by atoms with Gasteiger partial charge < -0.3 is 14.7 Å². The van der Waals surface area contributed by atoms with Gasteiger partial charge in [0, 0.05) is 45.3 Å². The summed E-state index contributed by atoms with van der Waals surface area (Å²) in [5, 5.41) is 6.53. The minimum atomic E-state index is -0.106. The first-order valence-corrected chi connectivity index (χ1v) is 10.9. The molecule has 8 nitrogen and oxygen atoms in total. The summed E-state index contributed by atoms with van der Waals surface area (Å²) in [7, 11) is 0. The molecule has 0 radical (unpaired) electrons. The van der Waals surface area contributed by atoms with E-state index < -0.39 is 0 Å². The Bertz CT molecular complexity index is 856. The van der Waals surface area contributed by atoms with Crippen molar-refractivity contribution >= 4 is 17.6 Å². The minimum Gasteiger partial charge on any atom is -0.360 e. The van der Waals surface area contributed by atoms with Gasteiger partial charge in [0.15, 0.2) is 5.82 Å². The fraction of sp³-hybridized carbons (Fsp3) is 0.522. The van der Waals surface area contributed by atoms with E-state index in [0.717, 1.165) is 44.7 Å². The average molecular weight is 428 g/mol. The summed E-state index contributed by atoms with van der Waals surface area (Å²) in [5.74, 6) is 1.16. The fourth-order valence-electron chi connectivity index (χ4n) is 3.68. The van der Waals surface area contributed by atoms with E-state index >= 15 is 0 Å². The zero-order chi connectivity index (χ0) is 22.2. The second-order valence-corrected chi connectivity index (χ2v) is 8.22. The molecule has 0 atom stereocenters. The third-order valence-corrected chi connectivity index (χ3v) is 5.43. The van der Waals surface area contributed by atoms with Gasteiger partial charge in [0.05, 0.1) is 13.1 Å². The van der Waals surface area contributed by atoms with E-state index in [1.165, 1.54) is 5.56 Å². The Labute approximate surface area is 184 Å². The van der Waals surface area contributed by atoms with Gasteiger partial charge >= 0.3 is 0 Å². The molecular formula is C23H33N5O3. The lowest BCUT2D eigenvalue weighted by Gasteiger charge is -2.35. The summed E-state index contributed by atoms with van der Waals surface area (Å²) in [4.78, 5) is 31.3. The number of piperazine rings is 1. The van der Waals surface area contributed by atoms with Gasteiger partial charge in [-0.1, -0.05) is 41.9 Å². The molecule has 1 N–H and O–H groups in total.